The van der Waals surface area contributed by atoms with Crippen LogP contribution in [-0.2, 0) is 14.6 Å². The molecule has 0 aromatic rings. The van der Waals surface area contributed by atoms with Gasteiger partial charge in [-0.25, -0.2) is 8.42 Å². The van der Waals surface area contributed by atoms with Crippen molar-refractivity contribution in [2.75, 3.05) is 25.1 Å². The summed E-state index contributed by atoms with van der Waals surface area (Å²) < 4.78 is 22.1. The highest BCUT2D eigenvalue weighted by Gasteiger charge is 2.22. The molecule has 1 heterocycles. The van der Waals surface area contributed by atoms with Crippen molar-refractivity contribution in [3.63, 3.8) is 0 Å². The Balaban J connectivity index is 2.46. The maximum Gasteiger partial charge on any atom is 0.148 e. The highest BCUT2D eigenvalue weighted by molar-refractivity contribution is 7.90. The highest BCUT2D eigenvalue weighted by Crippen LogP contribution is 2.10. The van der Waals surface area contributed by atoms with E-state index in [1.165, 1.54) is 6.26 Å². The Kier molecular flexibility index (Phi) is 3.66. The summed E-state index contributed by atoms with van der Waals surface area (Å²) in [7, 11) is -2.91. The van der Waals surface area contributed by atoms with Gasteiger partial charge in [-0.2, -0.15) is 0 Å². The molecule has 1 aliphatic heterocycles. The number of Topliss-reactive ketones (excluding diaryl/α,β-unsaturated/α-hetero) is 1. The zero-order valence-corrected chi connectivity index (χ0v) is 9.51. The molecule has 0 radical (unpaired) electrons. The molecule has 0 aliphatic carbocycles. The maximum absolute atomic E-state index is 11.1. The first-order valence-corrected chi connectivity index (χ1v) is 6.88. The molecule has 0 aromatic carbocycles. The number of nitrogens with zero attached hydrogens (tertiary/aromatic N) is 1. The van der Waals surface area contributed by atoms with Gasteiger partial charge in [0.1, 0.15) is 15.6 Å². The van der Waals surface area contributed by atoms with Crippen LogP contribution in [-0.4, -0.2) is 50.2 Å². The molecule has 1 saturated heterocycles. The molecule has 14 heavy (non-hydrogen) atoms. The van der Waals surface area contributed by atoms with Crippen LogP contribution in [0.3, 0.4) is 0 Å². The first-order chi connectivity index (χ1) is 6.38. The van der Waals surface area contributed by atoms with Gasteiger partial charge in [0.2, 0.25) is 0 Å². The van der Waals surface area contributed by atoms with Crippen LogP contribution >= 0.6 is 0 Å². The molecule has 4 nitrogen and oxygen atoms in total. The van der Waals surface area contributed by atoms with Crippen LogP contribution < -0.4 is 0 Å². The van der Waals surface area contributed by atoms with E-state index in [0.29, 0.717) is 25.9 Å². The van der Waals surface area contributed by atoms with Gasteiger partial charge in [-0.1, -0.05) is 0 Å². The standard InChI is InChI=1S/C9H17NO3S/c1-8(7-14(2,12)13)10-5-3-9(11)4-6-10/h8H,3-7H2,1-2H3. The largest absolute Gasteiger partial charge is 0.300 e. The molecule has 1 aliphatic rings. The Morgan fingerprint density at radius 1 is 1.36 bits per heavy atom. The number of hydrogen-bond acceptors (Lipinski definition) is 4. The second-order valence-electron chi connectivity index (χ2n) is 4.02. The summed E-state index contributed by atoms with van der Waals surface area (Å²) in [4.78, 5) is 13.0. The number of likely N-dealkylation sites (tertiary alicyclic amines) is 1. The van der Waals surface area contributed by atoms with Gasteiger partial charge in [0.05, 0.1) is 5.75 Å². The molecule has 1 rings (SSSR count). The molecule has 0 saturated carbocycles. The summed E-state index contributed by atoms with van der Waals surface area (Å²) in [5.41, 5.74) is 0. The molecule has 1 unspecified atom stereocenters. The summed E-state index contributed by atoms with van der Waals surface area (Å²) in [6.07, 6.45) is 2.38. The van der Waals surface area contributed by atoms with Crippen molar-refractivity contribution < 1.29 is 13.2 Å². The third-order valence-electron chi connectivity index (χ3n) is 2.52. The Morgan fingerprint density at radius 3 is 2.29 bits per heavy atom. The normalized spacial score (nSPS) is 22.3. The molecule has 1 fully saturated rings. The van der Waals surface area contributed by atoms with Gasteiger partial charge >= 0.3 is 0 Å². The Morgan fingerprint density at radius 2 is 1.86 bits per heavy atom. The van der Waals surface area contributed by atoms with Crippen LogP contribution in [0.5, 0.6) is 0 Å². The van der Waals surface area contributed by atoms with E-state index in [9.17, 15) is 13.2 Å². The van der Waals surface area contributed by atoms with Crippen LogP contribution in [0.25, 0.3) is 0 Å². The van der Waals surface area contributed by atoms with Crippen molar-refractivity contribution in [1.82, 2.24) is 4.90 Å². The van der Waals surface area contributed by atoms with Crippen molar-refractivity contribution in [3.8, 4) is 0 Å². The summed E-state index contributed by atoms with van der Waals surface area (Å²) in [5.74, 6) is 0.467. The summed E-state index contributed by atoms with van der Waals surface area (Å²) in [5, 5.41) is 0. The molecule has 0 amide bonds. The van der Waals surface area contributed by atoms with Crippen LogP contribution in [0.4, 0.5) is 0 Å². The molecule has 82 valence electrons. The molecule has 0 N–H and O–H groups in total. The smallest absolute Gasteiger partial charge is 0.148 e. The van der Waals surface area contributed by atoms with Crippen molar-refractivity contribution >= 4 is 15.6 Å². The van der Waals surface area contributed by atoms with Gasteiger partial charge in [-0.3, -0.25) is 9.69 Å². The van der Waals surface area contributed by atoms with Gasteiger partial charge in [0.15, 0.2) is 0 Å². The lowest BCUT2D eigenvalue weighted by molar-refractivity contribution is -0.121. The van der Waals surface area contributed by atoms with E-state index in [-0.39, 0.29) is 17.6 Å². The number of ketones is 1. The van der Waals surface area contributed by atoms with E-state index < -0.39 is 9.84 Å². The minimum absolute atomic E-state index is 0.0260. The van der Waals surface area contributed by atoms with Gasteiger partial charge < -0.3 is 0 Å². The molecular formula is C9H17NO3S. The topological polar surface area (TPSA) is 54.5 Å². The lowest BCUT2D eigenvalue weighted by Crippen LogP contribution is -2.43. The first kappa shape index (κ1) is 11.7. The van der Waals surface area contributed by atoms with E-state index >= 15 is 0 Å². The van der Waals surface area contributed by atoms with Crippen LogP contribution in [0, 0.1) is 0 Å². The predicted molar refractivity (Wildman–Crippen MR) is 55.0 cm³/mol. The van der Waals surface area contributed by atoms with E-state index in [1.807, 2.05) is 6.92 Å². The van der Waals surface area contributed by atoms with Gasteiger partial charge in [-0.15, -0.1) is 0 Å². The fourth-order valence-corrected chi connectivity index (χ4v) is 2.84. The number of hydrogen-bond donors (Lipinski definition) is 0. The van der Waals surface area contributed by atoms with Crippen molar-refractivity contribution in [2.24, 2.45) is 0 Å². The Labute approximate surface area is 85.2 Å². The highest BCUT2D eigenvalue weighted by atomic mass is 32.2. The predicted octanol–water partition coefficient (Wildman–Crippen LogP) is 0.0844. The molecule has 0 spiro atoms. The molecule has 0 bridgehead atoms. The quantitative estimate of drug-likeness (QED) is 0.675. The number of piperidine rings is 1. The van der Waals surface area contributed by atoms with E-state index in [0.717, 1.165) is 0 Å². The SMILES string of the molecule is CC(CS(C)(=O)=O)N1CCC(=O)CC1. The minimum atomic E-state index is -2.91. The van der Waals surface area contributed by atoms with E-state index in [1.54, 1.807) is 0 Å². The average molecular weight is 219 g/mol. The number of sulfone groups is 1. The third kappa shape index (κ3) is 3.75. The minimum Gasteiger partial charge on any atom is -0.300 e. The van der Waals surface area contributed by atoms with Crippen LogP contribution in [0.15, 0.2) is 0 Å². The molecular weight excluding hydrogens is 202 g/mol. The van der Waals surface area contributed by atoms with Crippen molar-refractivity contribution in [1.29, 1.82) is 0 Å². The molecule has 1 atom stereocenters. The lowest BCUT2D eigenvalue weighted by atomic mass is 10.1. The van der Waals surface area contributed by atoms with Gasteiger partial charge in [0, 0.05) is 38.2 Å². The molecule has 5 heteroatoms. The van der Waals surface area contributed by atoms with Gasteiger partial charge in [0.25, 0.3) is 0 Å². The summed E-state index contributed by atoms with van der Waals surface area (Å²) in [6.45, 7) is 3.31. The fourth-order valence-electron chi connectivity index (χ4n) is 1.76. The monoisotopic (exact) mass is 219 g/mol. The second-order valence-corrected chi connectivity index (χ2v) is 6.20. The van der Waals surface area contributed by atoms with Crippen molar-refractivity contribution in [3.05, 3.63) is 0 Å². The van der Waals surface area contributed by atoms with Gasteiger partial charge in [-0.05, 0) is 6.92 Å². The Bertz CT molecular complexity index is 300. The maximum atomic E-state index is 11.1. The molecule has 0 aromatic heterocycles. The van der Waals surface area contributed by atoms with E-state index in [2.05, 4.69) is 4.90 Å². The van der Waals surface area contributed by atoms with Crippen LogP contribution in [0.2, 0.25) is 0 Å². The van der Waals surface area contributed by atoms with Crippen molar-refractivity contribution in [2.45, 2.75) is 25.8 Å². The first-order valence-electron chi connectivity index (χ1n) is 4.82. The number of carbonyl (C=O) groups excluding carboxylic acids is 1. The number of rotatable bonds is 3. The fraction of sp³-hybridized carbons (Fsp3) is 0.889. The summed E-state index contributed by atoms with van der Waals surface area (Å²) in [6, 6.07) is 0.0260. The average Bonchev–Trinajstić information content (AvgIpc) is 2.02. The summed E-state index contributed by atoms with van der Waals surface area (Å²) >= 11 is 0. The Hall–Kier alpha value is -0.420. The zero-order chi connectivity index (χ0) is 10.8. The zero-order valence-electron chi connectivity index (χ0n) is 8.69. The third-order valence-corrected chi connectivity index (χ3v) is 3.61. The van der Waals surface area contributed by atoms with Crippen LogP contribution in [0.1, 0.15) is 19.8 Å². The lowest BCUT2D eigenvalue weighted by Gasteiger charge is -2.31. The second kappa shape index (κ2) is 4.40. The number of carbonyl (C=O) groups is 1. The van der Waals surface area contributed by atoms with E-state index in [4.69, 9.17) is 0 Å².